The molecule has 1 aromatic rings. The largest absolute Gasteiger partial charge is 0.493 e. The highest BCUT2D eigenvalue weighted by Crippen LogP contribution is 2.29. The number of fused-ring (bicyclic) bond motifs is 1. The van der Waals surface area contributed by atoms with Gasteiger partial charge in [0.2, 0.25) is 0 Å². The SMILES string of the molecule is CC1OCCC1C(=O)c1ccc2c(c1)CCCO2. The van der Waals surface area contributed by atoms with Crippen molar-refractivity contribution < 1.29 is 14.3 Å². The van der Waals surface area contributed by atoms with E-state index < -0.39 is 0 Å². The third-order valence-corrected chi connectivity index (χ3v) is 3.91. The lowest BCUT2D eigenvalue weighted by molar-refractivity contribution is 0.0764. The van der Waals surface area contributed by atoms with Gasteiger partial charge in [-0.1, -0.05) is 0 Å². The van der Waals surface area contributed by atoms with Crippen LogP contribution in [0.15, 0.2) is 18.2 Å². The van der Waals surface area contributed by atoms with Gasteiger partial charge in [-0.15, -0.1) is 0 Å². The molecule has 0 radical (unpaired) electrons. The fourth-order valence-corrected chi connectivity index (χ4v) is 2.80. The van der Waals surface area contributed by atoms with E-state index >= 15 is 0 Å². The average molecular weight is 246 g/mol. The number of Topliss-reactive ketones (excluding diaryl/α,β-unsaturated/α-hetero) is 1. The van der Waals surface area contributed by atoms with Crippen molar-refractivity contribution in [2.24, 2.45) is 5.92 Å². The van der Waals surface area contributed by atoms with Gasteiger partial charge in [-0.25, -0.2) is 0 Å². The Balaban J connectivity index is 1.85. The van der Waals surface area contributed by atoms with Crippen LogP contribution in [0.5, 0.6) is 5.75 Å². The van der Waals surface area contributed by atoms with Gasteiger partial charge < -0.3 is 9.47 Å². The van der Waals surface area contributed by atoms with Crippen molar-refractivity contribution in [1.29, 1.82) is 0 Å². The number of hydrogen-bond donors (Lipinski definition) is 0. The van der Waals surface area contributed by atoms with Crippen LogP contribution in [0.2, 0.25) is 0 Å². The van der Waals surface area contributed by atoms with Gasteiger partial charge in [-0.2, -0.15) is 0 Å². The van der Waals surface area contributed by atoms with Crippen molar-refractivity contribution in [3.63, 3.8) is 0 Å². The van der Waals surface area contributed by atoms with Gasteiger partial charge in [0.05, 0.1) is 18.6 Å². The molecule has 2 aliphatic heterocycles. The maximum atomic E-state index is 12.4. The Labute approximate surface area is 107 Å². The van der Waals surface area contributed by atoms with E-state index in [1.807, 2.05) is 25.1 Å². The number of benzene rings is 1. The Hall–Kier alpha value is -1.35. The molecule has 1 fully saturated rings. The summed E-state index contributed by atoms with van der Waals surface area (Å²) in [5.74, 6) is 1.18. The van der Waals surface area contributed by atoms with E-state index in [9.17, 15) is 4.79 Å². The molecule has 18 heavy (non-hydrogen) atoms. The first kappa shape index (κ1) is 11.7. The van der Waals surface area contributed by atoms with Crippen LogP contribution in [-0.2, 0) is 11.2 Å². The molecule has 0 aromatic heterocycles. The third-order valence-electron chi connectivity index (χ3n) is 3.91. The average Bonchev–Trinajstić information content (AvgIpc) is 2.83. The van der Waals surface area contributed by atoms with Gasteiger partial charge in [-0.05, 0) is 49.9 Å². The molecule has 3 nitrogen and oxygen atoms in total. The lowest BCUT2D eigenvalue weighted by atomic mass is 9.91. The molecule has 3 rings (SSSR count). The van der Waals surface area contributed by atoms with E-state index in [4.69, 9.17) is 9.47 Å². The Kier molecular flexibility index (Phi) is 3.08. The highest BCUT2D eigenvalue weighted by atomic mass is 16.5. The van der Waals surface area contributed by atoms with Crippen LogP contribution < -0.4 is 4.74 Å². The van der Waals surface area contributed by atoms with Gasteiger partial charge in [0, 0.05) is 12.2 Å². The van der Waals surface area contributed by atoms with Gasteiger partial charge in [-0.3, -0.25) is 4.79 Å². The van der Waals surface area contributed by atoms with Crippen LogP contribution in [0, 0.1) is 5.92 Å². The van der Waals surface area contributed by atoms with Gasteiger partial charge in [0.15, 0.2) is 5.78 Å². The number of hydrogen-bond acceptors (Lipinski definition) is 3. The molecular formula is C15H18O3. The minimum Gasteiger partial charge on any atom is -0.493 e. The number of carbonyl (C=O) groups excluding carboxylic acids is 1. The molecule has 2 unspecified atom stereocenters. The monoisotopic (exact) mass is 246 g/mol. The summed E-state index contributed by atoms with van der Waals surface area (Å²) >= 11 is 0. The zero-order valence-electron chi connectivity index (χ0n) is 10.6. The molecule has 0 saturated carbocycles. The maximum absolute atomic E-state index is 12.4. The summed E-state index contributed by atoms with van der Waals surface area (Å²) in [6.07, 6.45) is 2.93. The van der Waals surface area contributed by atoms with Crippen LogP contribution in [0.4, 0.5) is 0 Å². The van der Waals surface area contributed by atoms with Crippen molar-refractivity contribution >= 4 is 5.78 Å². The summed E-state index contributed by atoms with van der Waals surface area (Å²) in [5, 5.41) is 0. The number of ketones is 1. The van der Waals surface area contributed by atoms with Crippen molar-refractivity contribution in [2.75, 3.05) is 13.2 Å². The number of ether oxygens (including phenoxy) is 2. The number of aryl methyl sites for hydroxylation is 1. The third kappa shape index (κ3) is 2.03. The zero-order valence-corrected chi connectivity index (χ0v) is 10.6. The fraction of sp³-hybridized carbons (Fsp3) is 0.533. The van der Waals surface area contributed by atoms with Crippen LogP contribution in [0.3, 0.4) is 0 Å². The van der Waals surface area contributed by atoms with E-state index in [1.165, 1.54) is 5.56 Å². The molecule has 2 aliphatic rings. The number of rotatable bonds is 2. The second-order valence-corrected chi connectivity index (χ2v) is 5.11. The summed E-state index contributed by atoms with van der Waals surface area (Å²) in [6, 6.07) is 5.82. The molecule has 96 valence electrons. The first-order valence-electron chi connectivity index (χ1n) is 6.67. The van der Waals surface area contributed by atoms with Gasteiger partial charge >= 0.3 is 0 Å². The Morgan fingerprint density at radius 3 is 3.00 bits per heavy atom. The lowest BCUT2D eigenvalue weighted by Crippen LogP contribution is -2.22. The minimum absolute atomic E-state index is 0.0209. The molecule has 0 bridgehead atoms. The summed E-state index contributed by atoms with van der Waals surface area (Å²) in [6.45, 7) is 3.47. The molecule has 1 aromatic carbocycles. The van der Waals surface area contributed by atoms with Crippen LogP contribution >= 0.6 is 0 Å². The molecule has 0 spiro atoms. The minimum atomic E-state index is 0.0209. The summed E-state index contributed by atoms with van der Waals surface area (Å²) < 4.78 is 11.0. The van der Waals surface area contributed by atoms with E-state index in [0.717, 1.165) is 37.2 Å². The fourth-order valence-electron chi connectivity index (χ4n) is 2.80. The van der Waals surface area contributed by atoms with Crippen molar-refractivity contribution in [3.05, 3.63) is 29.3 Å². The Bertz CT molecular complexity index is 467. The first-order valence-corrected chi connectivity index (χ1v) is 6.67. The van der Waals surface area contributed by atoms with E-state index in [2.05, 4.69) is 0 Å². The predicted molar refractivity (Wildman–Crippen MR) is 68.1 cm³/mol. The van der Waals surface area contributed by atoms with E-state index in [-0.39, 0.29) is 17.8 Å². The predicted octanol–water partition coefficient (Wildman–Crippen LogP) is 2.62. The van der Waals surface area contributed by atoms with E-state index in [1.54, 1.807) is 0 Å². The standard InChI is InChI=1S/C15H18O3/c1-10-13(6-8-17-10)15(16)12-4-5-14-11(9-12)3-2-7-18-14/h4-5,9-10,13H,2-3,6-8H2,1H3. The maximum Gasteiger partial charge on any atom is 0.168 e. The zero-order chi connectivity index (χ0) is 12.5. The van der Waals surface area contributed by atoms with Crippen LogP contribution in [0.1, 0.15) is 35.7 Å². The van der Waals surface area contributed by atoms with Crippen molar-refractivity contribution in [3.8, 4) is 5.75 Å². The molecule has 0 amide bonds. The number of carbonyl (C=O) groups is 1. The highest BCUT2D eigenvalue weighted by Gasteiger charge is 2.31. The molecule has 2 heterocycles. The molecule has 0 aliphatic carbocycles. The van der Waals surface area contributed by atoms with Crippen molar-refractivity contribution in [2.45, 2.75) is 32.3 Å². The molecule has 2 atom stereocenters. The molecule has 0 N–H and O–H groups in total. The quantitative estimate of drug-likeness (QED) is 0.752. The van der Waals surface area contributed by atoms with Gasteiger partial charge in [0.1, 0.15) is 5.75 Å². The Morgan fingerprint density at radius 2 is 2.22 bits per heavy atom. The molecular weight excluding hydrogens is 228 g/mol. The van der Waals surface area contributed by atoms with Crippen LogP contribution in [0.25, 0.3) is 0 Å². The second kappa shape index (κ2) is 4.73. The normalized spacial score (nSPS) is 26.5. The summed E-state index contributed by atoms with van der Waals surface area (Å²) in [5.41, 5.74) is 1.97. The van der Waals surface area contributed by atoms with E-state index in [0.29, 0.717) is 6.61 Å². The van der Waals surface area contributed by atoms with Crippen molar-refractivity contribution in [1.82, 2.24) is 0 Å². The summed E-state index contributed by atoms with van der Waals surface area (Å²) in [4.78, 5) is 12.4. The topological polar surface area (TPSA) is 35.5 Å². The second-order valence-electron chi connectivity index (χ2n) is 5.11. The van der Waals surface area contributed by atoms with Gasteiger partial charge in [0.25, 0.3) is 0 Å². The summed E-state index contributed by atoms with van der Waals surface area (Å²) in [7, 11) is 0. The Morgan fingerprint density at radius 1 is 1.33 bits per heavy atom. The lowest BCUT2D eigenvalue weighted by Gasteiger charge is -2.19. The first-order chi connectivity index (χ1) is 8.75. The highest BCUT2D eigenvalue weighted by molar-refractivity contribution is 5.98. The molecule has 3 heteroatoms. The smallest absolute Gasteiger partial charge is 0.168 e. The van der Waals surface area contributed by atoms with Crippen LogP contribution in [-0.4, -0.2) is 25.1 Å². The molecule has 1 saturated heterocycles.